The van der Waals surface area contributed by atoms with Crippen LogP contribution < -0.4 is 16.4 Å². The van der Waals surface area contributed by atoms with Crippen LogP contribution in [0.25, 0.3) is 0 Å². The second-order valence-electron chi connectivity index (χ2n) is 3.85. The minimum Gasteiger partial charge on any atom is -0.389 e. The fourth-order valence-electron chi connectivity index (χ4n) is 1.20. The first-order valence-corrected chi connectivity index (χ1v) is 5.86. The molecule has 0 bridgehead atoms. The maximum atomic E-state index is 11.2. The summed E-state index contributed by atoms with van der Waals surface area (Å²) < 4.78 is 0. The molecule has 0 aliphatic heterocycles. The largest absolute Gasteiger partial charge is 0.389 e. The standard InChI is InChI=1S/C11H17N5OS/c1-16(2)11(17)15-6-5-14-9-7-8(10(12)18)3-4-13-9/h3-4,7H,5-6H2,1-2H3,(H2,12,18)(H,13,14)(H,15,17). The predicted octanol–water partition coefficient (Wildman–Crippen LogP) is 0.399. The molecule has 0 unspecified atom stereocenters. The highest BCUT2D eigenvalue weighted by molar-refractivity contribution is 7.80. The van der Waals surface area contributed by atoms with Crippen LogP contribution in [0.3, 0.4) is 0 Å². The van der Waals surface area contributed by atoms with Gasteiger partial charge in [0.25, 0.3) is 0 Å². The first kappa shape index (κ1) is 14.2. The van der Waals surface area contributed by atoms with E-state index in [2.05, 4.69) is 15.6 Å². The molecule has 6 nitrogen and oxygen atoms in total. The van der Waals surface area contributed by atoms with E-state index in [1.54, 1.807) is 32.4 Å². The maximum Gasteiger partial charge on any atom is 0.316 e. The van der Waals surface area contributed by atoms with Crippen molar-refractivity contribution in [3.63, 3.8) is 0 Å². The molecule has 1 rings (SSSR count). The summed E-state index contributed by atoms with van der Waals surface area (Å²) >= 11 is 4.88. The van der Waals surface area contributed by atoms with E-state index in [1.165, 1.54) is 4.90 Å². The molecular formula is C11H17N5OS. The van der Waals surface area contributed by atoms with Crippen LogP contribution >= 0.6 is 12.2 Å². The Morgan fingerprint density at radius 1 is 1.50 bits per heavy atom. The minimum atomic E-state index is -0.123. The fourth-order valence-corrected chi connectivity index (χ4v) is 1.33. The second-order valence-corrected chi connectivity index (χ2v) is 4.29. The van der Waals surface area contributed by atoms with Gasteiger partial charge in [-0.2, -0.15) is 0 Å². The molecule has 1 aromatic heterocycles. The number of hydrogen-bond acceptors (Lipinski definition) is 4. The van der Waals surface area contributed by atoms with E-state index < -0.39 is 0 Å². The van der Waals surface area contributed by atoms with Crippen LogP contribution in [0.4, 0.5) is 10.6 Å². The summed E-state index contributed by atoms with van der Waals surface area (Å²) in [6.07, 6.45) is 1.63. The van der Waals surface area contributed by atoms with Crippen molar-refractivity contribution in [2.45, 2.75) is 0 Å². The first-order valence-electron chi connectivity index (χ1n) is 5.45. The van der Waals surface area contributed by atoms with Gasteiger partial charge in [0.05, 0.1) is 0 Å². The number of nitrogens with two attached hydrogens (primary N) is 1. The lowest BCUT2D eigenvalue weighted by molar-refractivity contribution is 0.218. The van der Waals surface area contributed by atoms with Crippen molar-refractivity contribution in [3.05, 3.63) is 23.9 Å². The molecule has 0 fully saturated rings. The van der Waals surface area contributed by atoms with Crippen LogP contribution in [-0.4, -0.2) is 48.1 Å². The van der Waals surface area contributed by atoms with Crippen LogP contribution in [0.5, 0.6) is 0 Å². The number of urea groups is 1. The quantitative estimate of drug-likeness (QED) is 0.531. The Morgan fingerprint density at radius 3 is 2.83 bits per heavy atom. The molecule has 0 aliphatic rings. The zero-order valence-corrected chi connectivity index (χ0v) is 11.3. The molecule has 0 aromatic carbocycles. The summed E-state index contributed by atoms with van der Waals surface area (Å²) in [7, 11) is 3.38. The third kappa shape index (κ3) is 4.54. The molecule has 0 spiro atoms. The Bertz CT molecular complexity index is 435. The summed E-state index contributed by atoms with van der Waals surface area (Å²) in [5.74, 6) is 0.680. The number of carbonyl (C=O) groups excluding carboxylic acids is 1. The molecule has 1 aromatic rings. The van der Waals surface area contributed by atoms with Crippen molar-refractivity contribution in [1.29, 1.82) is 0 Å². The van der Waals surface area contributed by atoms with Gasteiger partial charge in [0.15, 0.2) is 0 Å². The van der Waals surface area contributed by atoms with E-state index in [4.69, 9.17) is 18.0 Å². The molecule has 98 valence electrons. The van der Waals surface area contributed by atoms with Crippen LogP contribution in [0.15, 0.2) is 18.3 Å². The zero-order valence-electron chi connectivity index (χ0n) is 10.4. The average Bonchev–Trinajstić information content (AvgIpc) is 2.34. The van der Waals surface area contributed by atoms with Gasteiger partial charge in [-0.05, 0) is 12.1 Å². The van der Waals surface area contributed by atoms with E-state index in [-0.39, 0.29) is 6.03 Å². The molecule has 0 saturated heterocycles. The average molecular weight is 267 g/mol. The third-order valence-corrected chi connectivity index (χ3v) is 2.39. The van der Waals surface area contributed by atoms with Crippen molar-refractivity contribution in [2.75, 3.05) is 32.5 Å². The summed E-state index contributed by atoms with van der Waals surface area (Å²) in [6.45, 7) is 1.09. The van der Waals surface area contributed by atoms with Crippen molar-refractivity contribution >= 4 is 29.1 Å². The number of hydrogen-bond donors (Lipinski definition) is 3. The monoisotopic (exact) mass is 267 g/mol. The molecular weight excluding hydrogens is 250 g/mol. The molecule has 1 heterocycles. The molecule has 0 atom stereocenters. The summed E-state index contributed by atoms with van der Waals surface area (Å²) in [6, 6.07) is 3.40. The van der Waals surface area contributed by atoms with E-state index in [0.717, 1.165) is 5.56 Å². The summed E-state index contributed by atoms with van der Waals surface area (Å²) in [4.78, 5) is 17.2. The molecule has 4 N–H and O–H groups in total. The topological polar surface area (TPSA) is 83.3 Å². The van der Waals surface area contributed by atoms with Gasteiger partial charge in [-0.15, -0.1) is 0 Å². The second kappa shape index (κ2) is 6.75. The Labute approximate surface area is 112 Å². The summed E-state index contributed by atoms with van der Waals surface area (Å²) in [5, 5.41) is 5.81. The van der Waals surface area contributed by atoms with Gasteiger partial charge in [-0.3, -0.25) is 0 Å². The normalized spacial score (nSPS) is 9.67. The highest BCUT2D eigenvalue weighted by atomic mass is 32.1. The molecule has 0 saturated carbocycles. The number of pyridine rings is 1. The Balaban J connectivity index is 2.38. The predicted molar refractivity (Wildman–Crippen MR) is 75.7 cm³/mol. The van der Waals surface area contributed by atoms with Crippen LogP contribution in [0, 0.1) is 0 Å². The van der Waals surface area contributed by atoms with Gasteiger partial charge in [0.2, 0.25) is 0 Å². The zero-order chi connectivity index (χ0) is 13.5. The van der Waals surface area contributed by atoms with E-state index in [9.17, 15) is 4.79 Å². The fraction of sp³-hybridized carbons (Fsp3) is 0.364. The van der Waals surface area contributed by atoms with Crippen molar-refractivity contribution < 1.29 is 4.79 Å². The highest BCUT2D eigenvalue weighted by Crippen LogP contribution is 2.05. The van der Waals surface area contributed by atoms with Crippen LogP contribution in [0.1, 0.15) is 5.56 Å². The smallest absolute Gasteiger partial charge is 0.316 e. The number of nitrogens with one attached hydrogen (secondary N) is 2. The highest BCUT2D eigenvalue weighted by Gasteiger charge is 2.02. The van der Waals surface area contributed by atoms with Crippen LogP contribution in [-0.2, 0) is 0 Å². The lowest BCUT2D eigenvalue weighted by Crippen LogP contribution is -2.37. The number of amides is 2. The number of carbonyl (C=O) groups is 1. The number of aromatic nitrogens is 1. The third-order valence-electron chi connectivity index (χ3n) is 2.16. The number of nitrogens with zero attached hydrogens (tertiary/aromatic N) is 2. The van der Waals surface area contributed by atoms with Gasteiger partial charge in [-0.25, -0.2) is 9.78 Å². The van der Waals surface area contributed by atoms with Gasteiger partial charge in [0, 0.05) is 38.9 Å². The van der Waals surface area contributed by atoms with Gasteiger partial charge >= 0.3 is 6.03 Å². The van der Waals surface area contributed by atoms with E-state index in [0.29, 0.717) is 23.9 Å². The molecule has 18 heavy (non-hydrogen) atoms. The van der Waals surface area contributed by atoms with E-state index >= 15 is 0 Å². The lowest BCUT2D eigenvalue weighted by atomic mass is 10.2. The van der Waals surface area contributed by atoms with Crippen LogP contribution in [0.2, 0.25) is 0 Å². The van der Waals surface area contributed by atoms with Gasteiger partial charge in [-0.1, -0.05) is 12.2 Å². The molecule has 0 aliphatic carbocycles. The Morgan fingerprint density at radius 2 is 2.22 bits per heavy atom. The lowest BCUT2D eigenvalue weighted by Gasteiger charge is -2.12. The molecule has 0 radical (unpaired) electrons. The SMILES string of the molecule is CN(C)C(=O)NCCNc1cc(C(N)=S)ccn1. The first-order chi connectivity index (χ1) is 8.50. The van der Waals surface area contributed by atoms with Crippen molar-refractivity contribution in [1.82, 2.24) is 15.2 Å². The summed E-state index contributed by atoms with van der Waals surface area (Å²) in [5.41, 5.74) is 6.29. The number of rotatable bonds is 5. The van der Waals surface area contributed by atoms with Crippen molar-refractivity contribution in [3.8, 4) is 0 Å². The maximum absolute atomic E-state index is 11.2. The van der Waals surface area contributed by atoms with Gasteiger partial charge in [0.1, 0.15) is 10.8 Å². The Hall–Kier alpha value is -1.89. The Kier molecular flexibility index (Phi) is 5.31. The minimum absolute atomic E-state index is 0.123. The number of thiocarbonyl (C=S) groups is 1. The molecule has 7 heteroatoms. The van der Waals surface area contributed by atoms with E-state index in [1.807, 2.05) is 0 Å². The van der Waals surface area contributed by atoms with Gasteiger partial charge < -0.3 is 21.3 Å². The van der Waals surface area contributed by atoms with Crippen molar-refractivity contribution in [2.24, 2.45) is 5.73 Å². The molecule has 2 amide bonds. The number of anilines is 1.